The van der Waals surface area contributed by atoms with Crippen molar-refractivity contribution in [2.75, 3.05) is 7.11 Å². The number of phenolic OH excluding ortho intramolecular Hbond substituents is 1. The molecule has 15 heavy (non-hydrogen) atoms. The molecule has 0 fully saturated rings. The number of hydrogen-bond donors (Lipinski definition) is 2. The first kappa shape index (κ1) is 12.1. The van der Waals surface area contributed by atoms with Crippen molar-refractivity contribution in [3.63, 3.8) is 0 Å². The number of nitrogens with one attached hydrogen (secondary N) is 1. The summed E-state index contributed by atoms with van der Waals surface area (Å²) >= 11 is 2.10. The number of methoxy groups -OCH3 is 1. The van der Waals surface area contributed by atoms with Gasteiger partial charge < -0.3 is 15.2 Å². The summed E-state index contributed by atoms with van der Waals surface area (Å²) < 4.78 is 5.87. The molecule has 5 heteroatoms. The van der Waals surface area contributed by atoms with E-state index in [0.29, 0.717) is 12.3 Å². The van der Waals surface area contributed by atoms with Crippen molar-refractivity contribution in [2.45, 2.75) is 13.5 Å². The normalized spacial score (nSPS) is 9.80. The van der Waals surface area contributed by atoms with Gasteiger partial charge in [-0.15, -0.1) is 0 Å². The third-order valence-corrected chi connectivity index (χ3v) is 2.88. The van der Waals surface area contributed by atoms with Gasteiger partial charge in [0, 0.05) is 17.0 Å². The molecule has 0 aliphatic heterocycles. The van der Waals surface area contributed by atoms with Crippen molar-refractivity contribution in [3.8, 4) is 11.5 Å². The summed E-state index contributed by atoms with van der Waals surface area (Å²) in [5, 5.41) is 12.2. The van der Waals surface area contributed by atoms with Gasteiger partial charge in [0.25, 0.3) is 0 Å². The number of carbonyl (C=O) groups excluding carboxylic acids is 1. The second kappa shape index (κ2) is 5.20. The predicted molar refractivity (Wildman–Crippen MR) is 64.9 cm³/mol. The largest absolute Gasteiger partial charge is 0.504 e. The first-order chi connectivity index (χ1) is 7.04. The van der Waals surface area contributed by atoms with Gasteiger partial charge in [-0.2, -0.15) is 0 Å². The highest BCUT2D eigenvalue weighted by molar-refractivity contribution is 14.1. The lowest BCUT2D eigenvalue weighted by molar-refractivity contribution is -0.119. The number of halogens is 1. The Morgan fingerprint density at radius 2 is 2.27 bits per heavy atom. The monoisotopic (exact) mass is 321 g/mol. The molecular weight excluding hydrogens is 309 g/mol. The summed E-state index contributed by atoms with van der Waals surface area (Å²) in [6, 6.07) is 3.32. The molecule has 1 aromatic rings. The maximum atomic E-state index is 10.8. The van der Waals surface area contributed by atoms with E-state index in [9.17, 15) is 9.90 Å². The molecule has 0 aliphatic carbocycles. The van der Waals surface area contributed by atoms with Gasteiger partial charge in [0.2, 0.25) is 5.91 Å². The molecule has 0 aliphatic rings. The van der Waals surface area contributed by atoms with Gasteiger partial charge in [-0.1, -0.05) is 0 Å². The van der Waals surface area contributed by atoms with Crippen molar-refractivity contribution in [1.29, 1.82) is 0 Å². The first-order valence-corrected chi connectivity index (χ1v) is 5.42. The van der Waals surface area contributed by atoms with Crippen LogP contribution in [0.5, 0.6) is 11.5 Å². The molecule has 1 aromatic carbocycles. The Balaban J connectivity index is 2.92. The number of phenols is 1. The molecule has 2 N–H and O–H groups in total. The number of aromatic hydroxyl groups is 1. The van der Waals surface area contributed by atoms with Crippen LogP contribution in [0.1, 0.15) is 12.5 Å². The van der Waals surface area contributed by atoms with Crippen LogP contribution in [-0.2, 0) is 11.3 Å². The number of rotatable bonds is 3. The van der Waals surface area contributed by atoms with Crippen LogP contribution in [0, 0.1) is 3.57 Å². The van der Waals surface area contributed by atoms with Gasteiger partial charge in [-0.05, 0) is 40.3 Å². The van der Waals surface area contributed by atoms with E-state index < -0.39 is 0 Å². The quantitative estimate of drug-likeness (QED) is 0.832. The summed E-state index contributed by atoms with van der Waals surface area (Å²) in [6.07, 6.45) is 0. The molecular formula is C10H12INO3. The van der Waals surface area contributed by atoms with E-state index in [0.717, 1.165) is 9.13 Å². The lowest BCUT2D eigenvalue weighted by atomic mass is 10.2. The molecule has 0 heterocycles. The molecule has 4 nitrogen and oxygen atoms in total. The van der Waals surface area contributed by atoms with E-state index in [4.69, 9.17) is 4.74 Å². The van der Waals surface area contributed by atoms with Crippen LogP contribution in [0.4, 0.5) is 0 Å². The van der Waals surface area contributed by atoms with Crippen molar-refractivity contribution in [2.24, 2.45) is 0 Å². The predicted octanol–water partition coefficient (Wildman–Crippen LogP) is 1.64. The highest BCUT2D eigenvalue weighted by Crippen LogP contribution is 2.30. The summed E-state index contributed by atoms with van der Waals surface area (Å²) in [4.78, 5) is 10.8. The zero-order valence-electron chi connectivity index (χ0n) is 8.50. The standard InChI is InChI=1S/C10H12INO3/c1-6(13)12-5-7-3-10(15-2)9(14)4-8(7)11/h3-4,14H,5H2,1-2H3,(H,12,13). The molecule has 0 aromatic heterocycles. The summed E-state index contributed by atoms with van der Waals surface area (Å²) in [6.45, 7) is 1.90. The fourth-order valence-corrected chi connectivity index (χ4v) is 1.75. The van der Waals surface area contributed by atoms with Crippen molar-refractivity contribution >= 4 is 28.5 Å². The van der Waals surface area contributed by atoms with Gasteiger partial charge >= 0.3 is 0 Å². The molecule has 0 bridgehead atoms. The minimum atomic E-state index is -0.0853. The SMILES string of the molecule is COc1cc(CNC(C)=O)c(I)cc1O. The summed E-state index contributed by atoms with van der Waals surface area (Å²) in [5.74, 6) is 0.432. The highest BCUT2D eigenvalue weighted by atomic mass is 127. The summed E-state index contributed by atoms with van der Waals surface area (Å²) in [7, 11) is 1.49. The number of ether oxygens (including phenoxy) is 1. The molecule has 82 valence electrons. The van der Waals surface area contributed by atoms with Crippen LogP contribution >= 0.6 is 22.6 Å². The van der Waals surface area contributed by atoms with Crippen molar-refractivity contribution in [3.05, 3.63) is 21.3 Å². The summed E-state index contributed by atoms with van der Waals surface area (Å²) in [5.41, 5.74) is 0.917. The molecule has 0 atom stereocenters. The lowest BCUT2D eigenvalue weighted by Gasteiger charge is -2.09. The lowest BCUT2D eigenvalue weighted by Crippen LogP contribution is -2.19. The molecule has 1 amide bonds. The number of carbonyl (C=O) groups is 1. The minimum Gasteiger partial charge on any atom is -0.504 e. The van der Waals surface area contributed by atoms with Gasteiger partial charge in [-0.25, -0.2) is 0 Å². The Morgan fingerprint density at radius 3 is 2.80 bits per heavy atom. The second-order valence-electron chi connectivity index (χ2n) is 3.03. The smallest absolute Gasteiger partial charge is 0.217 e. The van der Waals surface area contributed by atoms with Crippen LogP contribution < -0.4 is 10.1 Å². The Bertz CT molecular complexity index is 379. The van der Waals surface area contributed by atoms with Crippen LogP contribution in [-0.4, -0.2) is 18.1 Å². The molecule has 0 radical (unpaired) electrons. The van der Waals surface area contributed by atoms with Gasteiger partial charge in [0.05, 0.1) is 7.11 Å². The van der Waals surface area contributed by atoms with E-state index in [1.54, 1.807) is 12.1 Å². The molecule has 0 unspecified atom stereocenters. The van der Waals surface area contributed by atoms with Crippen LogP contribution in [0.25, 0.3) is 0 Å². The first-order valence-electron chi connectivity index (χ1n) is 4.34. The zero-order valence-corrected chi connectivity index (χ0v) is 10.7. The van der Waals surface area contributed by atoms with Crippen LogP contribution in [0.2, 0.25) is 0 Å². The zero-order chi connectivity index (χ0) is 11.4. The topological polar surface area (TPSA) is 58.6 Å². The third kappa shape index (κ3) is 3.26. The van der Waals surface area contributed by atoms with Crippen LogP contribution in [0.3, 0.4) is 0 Å². The number of benzene rings is 1. The molecule has 0 saturated heterocycles. The minimum absolute atomic E-state index is 0.0853. The van der Waals surface area contributed by atoms with Crippen LogP contribution in [0.15, 0.2) is 12.1 Å². The van der Waals surface area contributed by atoms with E-state index in [-0.39, 0.29) is 11.7 Å². The average molecular weight is 321 g/mol. The fourth-order valence-electron chi connectivity index (χ4n) is 1.10. The third-order valence-electron chi connectivity index (χ3n) is 1.88. The number of amides is 1. The van der Waals surface area contributed by atoms with Crippen molar-refractivity contribution in [1.82, 2.24) is 5.32 Å². The van der Waals surface area contributed by atoms with E-state index in [1.165, 1.54) is 14.0 Å². The maximum absolute atomic E-state index is 10.8. The Kier molecular flexibility index (Phi) is 4.19. The van der Waals surface area contributed by atoms with Gasteiger partial charge in [0.15, 0.2) is 11.5 Å². The molecule has 0 spiro atoms. The highest BCUT2D eigenvalue weighted by Gasteiger charge is 2.07. The van der Waals surface area contributed by atoms with Gasteiger partial charge in [0.1, 0.15) is 0 Å². The number of hydrogen-bond acceptors (Lipinski definition) is 3. The second-order valence-corrected chi connectivity index (χ2v) is 4.19. The van der Waals surface area contributed by atoms with Gasteiger partial charge in [-0.3, -0.25) is 4.79 Å². The average Bonchev–Trinajstić information content (AvgIpc) is 2.16. The Labute approximate surface area is 102 Å². The van der Waals surface area contributed by atoms with E-state index in [1.807, 2.05) is 0 Å². The maximum Gasteiger partial charge on any atom is 0.217 e. The molecule has 0 saturated carbocycles. The Morgan fingerprint density at radius 1 is 1.60 bits per heavy atom. The fraction of sp³-hybridized carbons (Fsp3) is 0.300. The van der Waals surface area contributed by atoms with E-state index in [2.05, 4.69) is 27.9 Å². The van der Waals surface area contributed by atoms with Crippen molar-refractivity contribution < 1.29 is 14.6 Å². The Hall–Kier alpha value is -0.980. The van der Waals surface area contributed by atoms with E-state index >= 15 is 0 Å². The molecule has 1 rings (SSSR count).